The fourth-order valence-corrected chi connectivity index (χ4v) is 3.23. The van der Waals surface area contributed by atoms with Gasteiger partial charge >= 0.3 is 12.1 Å². The van der Waals surface area contributed by atoms with Crippen molar-refractivity contribution in [2.45, 2.75) is 70.8 Å². The van der Waals surface area contributed by atoms with E-state index in [1.807, 2.05) is 20.8 Å². The maximum atomic E-state index is 12.0. The number of hydrogen-bond acceptors (Lipinski definition) is 5. The molecule has 0 unspecified atom stereocenters. The van der Waals surface area contributed by atoms with E-state index in [1.165, 1.54) is 6.42 Å². The standard InChI is InChI=1S/C18H29N3O4/c1-5-24-15(22)13-11-14(21-20-13)18(9-7-6-8-10-18)12-19-16(23)25-17(2,3)4/h11H,5-10,12H2,1-4H3,(H,19,23)(H,20,21). The number of ether oxygens (including phenoxy) is 2. The largest absolute Gasteiger partial charge is 0.461 e. The van der Waals surface area contributed by atoms with Crippen LogP contribution in [0.1, 0.15) is 76.0 Å². The van der Waals surface area contributed by atoms with Crippen molar-refractivity contribution >= 4 is 12.1 Å². The SMILES string of the molecule is CCOC(=O)c1cc(C2(CNC(=O)OC(C)(C)C)CCCCC2)[nH]n1. The van der Waals surface area contributed by atoms with Gasteiger partial charge in [0.05, 0.1) is 6.61 Å². The minimum atomic E-state index is -0.533. The molecule has 7 heteroatoms. The summed E-state index contributed by atoms with van der Waals surface area (Å²) in [6.45, 7) is 8.04. The van der Waals surface area contributed by atoms with Crippen LogP contribution in [-0.4, -0.2) is 41.0 Å². The minimum absolute atomic E-state index is 0.257. The van der Waals surface area contributed by atoms with Crippen LogP contribution in [0.2, 0.25) is 0 Å². The third-order valence-corrected chi connectivity index (χ3v) is 4.41. The first-order valence-electron chi connectivity index (χ1n) is 8.96. The molecule has 0 atom stereocenters. The molecular formula is C18H29N3O4. The normalized spacial score (nSPS) is 17.0. The van der Waals surface area contributed by atoms with E-state index in [9.17, 15) is 9.59 Å². The Morgan fingerprint density at radius 3 is 2.56 bits per heavy atom. The second-order valence-electron chi connectivity index (χ2n) is 7.58. The first-order valence-corrected chi connectivity index (χ1v) is 8.96. The number of amides is 1. The Kier molecular flexibility index (Phi) is 6.08. The van der Waals surface area contributed by atoms with Gasteiger partial charge in [-0.1, -0.05) is 19.3 Å². The molecule has 1 heterocycles. The summed E-state index contributed by atoms with van der Waals surface area (Å²) >= 11 is 0. The van der Waals surface area contributed by atoms with Gasteiger partial charge in [0.2, 0.25) is 0 Å². The Morgan fingerprint density at radius 2 is 1.96 bits per heavy atom. The van der Waals surface area contributed by atoms with Gasteiger partial charge in [-0.2, -0.15) is 5.10 Å². The third kappa shape index (κ3) is 5.21. The highest BCUT2D eigenvalue weighted by Gasteiger charge is 2.37. The van der Waals surface area contributed by atoms with Gasteiger partial charge in [0.15, 0.2) is 5.69 Å². The van der Waals surface area contributed by atoms with Crippen LogP contribution in [0.15, 0.2) is 6.07 Å². The molecule has 0 aliphatic heterocycles. The highest BCUT2D eigenvalue weighted by atomic mass is 16.6. The second-order valence-corrected chi connectivity index (χ2v) is 7.58. The molecule has 0 bridgehead atoms. The Morgan fingerprint density at radius 1 is 1.28 bits per heavy atom. The Labute approximate surface area is 148 Å². The summed E-state index contributed by atoms with van der Waals surface area (Å²) in [5, 5.41) is 9.97. The van der Waals surface area contributed by atoms with Crippen molar-refractivity contribution in [3.05, 3.63) is 17.5 Å². The summed E-state index contributed by atoms with van der Waals surface area (Å²) in [6, 6.07) is 1.75. The van der Waals surface area contributed by atoms with Gasteiger partial charge < -0.3 is 14.8 Å². The third-order valence-electron chi connectivity index (χ3n) is 4.41. The number of alkyl carbamates (subject to hydrolysis) is 1. The first kappa shape index (κ1) is 19.3. The summed E-state index contributed by atoms with van der Waals surface area (Å²) in [5.41, 5.74) is 0.354. The number of carbonyl (C=O) groups is 2. The van der Waals surface area contributed by atoms with Crippen molar-refractivity contribution in [1.82, 2.24) is 15.5 Å². The van der Waals surface area contributed by atoms with E-state index in [0.717, 1.165) is 31.4 Å². The maximum Gasteiger partial charge on any atom is 0.407 e. The quantitative estimate of drug-likeness (QED) is 0.794. The van der Waals surface area contributed by atoms with Gasteiger partial charge in [-0.3, -0.25) is 5.10 Å². The van der Waals surface area contributed by atoms with E-state index < -0.39 is 17.7 Å². The average Bonchev–Trinajstić information content (AvgIpc) is 3.03. The summed E-state index contributed by atoms with van der Waals surface area (Å²) in [4.78, 5) is 23.9. The van der Waals surface area contributed by atoms with E-state index in [1.54, 1.807) is 13.0 Å². The van der Waals surface area contributed by atoms with Gasteiger partial charge in [0.1, 0.15) is 5.60 Å². The Bertz CT molecular complexity index is 598. The lowest BCUT2D eigenvalue weighted by atomic mass is 9.71. The first-order chi connectivity index (χ1) is 11.8. The highest BCUT2D eigenvalue weighted by Crippen LogP contribution is 2.38. The van der Waals surface area contributed by atoms with Crippen molar-refractivity contribution in [2.24, 2.45) is 0 Å². The summed E-state index contributed by atoms with van der Waals surface area (Å²) in [6.07, 6.45) is 4.74. The molecule has 1 aromatic heterocycles. The second kappa shape index (κ2) is 7.89. The molecule has 1 aliphatic carbocycles. The predicted octanol–water partition coefficient (Wildman–Crippen LogP) is 3.31. The number of nitrogens with one attached hydrogen (secondary N) is 2. The van der Waals surface area contributed by atoms with E-state index in [4.69, 9.17) is 9.47 Å². The highest BCUT2D eigenvalue weighted by molar-refractivity contribution is 5.87. The lowest BCUT2D eigenvalue weighted by Gasteiger charge is -2.36. The number of esters is 1. The fourth-order valence-electron chi connectivity index (χ4n) is 3.23. The van der Waals surface area contributed by atoms with Crippen LogP contribution in [0.5, 0.6) is 0 Å². The number of aromatic nitrogens is 2. The van der Waals surface area contributed by atoms with Crippen LogP contribution in [-0.2, 0) is 14.9 Å². The van der Waals surface area contributed by atoms with Crippen LogP contribution in [0, 0.1) is 0 Å². The zero-order valence-electron chi connectivity index (χ0n) is 15.6. The van der Waals surface area contributed by atoms with Crippen LogP contribution in [0.3, 0.4) is 0 Å². The van der Waals surface area contributed by atoms with Crippen LogP contribution in [0.25, 0.3) is 0 Å². The van der Waals surface area contributed by atoms with E-state index in [-0.39, 0.29) is 11.1 Å². The number of aromatic amines is 1. The predicted molar refractivity (Wildman–Crippen MR) is 93.5 cm³/mol. The molecule has 1 amide bonds. The molecule has 1 aliphatic rings. The molecule has 0 saturated heterocycles. The molecule has 0 radical (unpaired) electrons. The molecule has 0 spiro atoms. The van der Waals surface area contributed by atoms with Crippen LogP contribution >= 0.6 is 0 Å². The van der Waals surface area contributed by atoms with E-state index in [2.05, 4.69) is 15.5 Å². The van der Waals surface area contributed by atoms with Gasteiger partial charge in [0.25, 0.3) is 0 Å². The van der Waals surface area contributed by atoms with Crippen molar-refractivity contribution in [3.8, 4) is 0 Å². The smallest absolute Gasteiger partial charge is 0.407 e. The minimum Gasteiger partial charge on any atom is -0.461 e. The van der Waals surface area contributed by atoms with E-state index >= 15 is 0 Å². The van der Waals surface area contributed by atoms with Crippen LogP contribution in [0.4, 0.5) is 4.79 Å². The fraction of sp³-hybridized carbons (Fsp3) is 0.722. The monoisotopic (exact) mass is 351 g/mol. The van der Waals surface area contributed by atoms with Crippen molar-refractivity contribution in [1.29, 1.82) is 0 Å². The topological polar surface area (TPSA) is 93.3 Å². The van der Waals surface area contributed by atoms with Gasteiger partial charge in [-0.15, -0.1) is 0 Å². The van der Waals surface area contributed by atoms with Crippen LogP contribution < -0.4 is 5.32 Å². The number of carbonyl (C=O) groups excluding carboxylic acids is 2. The van der Waals surface area contributed by atoms with E-state index in [0.29, 0.717) is 13.2 Å². The zero-order valence-corrected chi connectivity index (χ0v) is 15.6. The van der Waals surface area contributed by atoms with Gasteiger partial charge in [0, 0.05) is 17.7 Å². The number of rotatable bonds is 5. The molecule has 7 nitrogen and oxygen atoms in total. The van der Waals surface area contributed by atoms with Crippen molar-refractivity contribution in [2.75, 3.05) is 13.2 Å². The molecule has 25 heavy (non-hydrogen) atoms. The lowest BCUT2D eigenvalue weighted by molar-refractivity contribution is 0.0500. The van der Waals surface area contributed by atoms with Crippen molar-refractivity contribution in [3.63, 3.8) is 0 Å². The lowest BCUT2D eigenvalue weighted by Crippen LogP contribution is -2.44. The Balaban J connectivity index is 2.12. The maximum absolute atomic E-state index is 12.0. The van der Waals surface area contributed by atoms with Gasteiger partial charge in [-0.25, -0.2) is 9.59 Å². The average molecular weight is 351 g/mol. The summed E-state index contributed by atoms with van der Waals surface area (Å²) in [5.74, 6) is -0.434. The molecular weight excluding hydrogens is 322 g/mol. The Hall–Kier alpha value is -2.05. The van der Waals surface area contributed by atoms with Crippen molar-refractivity contribution < 1.29 is 19.1 Å². The zero-order chi connectivity index (χ0) is 18.5. The number of H-pyrrole nitrogens is 1. The molecule has 0 aromatic carbocycles. The molecule has 2 N–H and O–H groups in total. The molecule has 140 valence electrons. The summed E-state index contributed by atoms with van der Waals surface area (Å²) < 4.78 is 10.3. The molecule has 1 saturated carbocycles. The molecule has 2 rings (SSSR count). The molecule has 1 fully saturated rings. The number of hydrogen-bond donors (Lipinski definition) is 2. The summed E-state index contributed by atoms with van der Waals surface area (Å²) in [7, 11) is 0. The van der Waals surface area contributed by atoms with Gasteiger partial charge in [-0.05, 0) is 46.6 Å². The number of nitrogens with zero attached hydrogens (tertiary/aromatic N) is 1. The molecule has 1 aromatic rings.